The summed E-state index contributed by atoms with van der Waals surface area (Å²) in [6.45, 7) is 6.17. The van der Waals surface area contributed by atoms with Crippen LogP contribution in [-0.4, -0.2) is 17.4 Å². The lowest BCUT2D eigenvalue weighted by atomic mass is 10.1. The molecule has 0 aliphatic carbocycles. The van der Waals surface area contributed by atoms with Crippen LogP contribution < -0.4 is 15.2 Å². The molecule has 2 N–H and O–H groups in total. The quantitative estimate of drug-likeness (QED) is 0.198. The van der Waals surface area contributed by atoms with Crippen LogP contribution in [0.4, 0.5) is 5.82 Å². The van der Waals surface area contributed by atoms with Gasteiger partial charge in [0.05, 0.1) is 10.4 Å². The van der Waals surface area contributed by atoms with Crippen LogP contribution in [-0.2, 0) is 29.5 Å². The predicted molar refractivity (Wildman–Crippen MR) is 155 cm³/mol. The van der Waals surface area contributed by atoms with Crippen molar-refractivity contribution in [2.24, 2.45) is 5.92 Å². The third-order valence-corrected chi connectivity index (χ3v) is 8.45. The fourth-order valence-corrected chi connectivity index (χ4v) is 6.08. The fourth-order valence-electron chi connectivity index (χ4n) is 4.68. The number of para-hydroxylation sites is 1. The number of aryl methyl sites for hydroxylation is 1. The zero-order valence-electron chi connectivity index (χ0n) is 22.7. The molecule has 9 heteroatoms. The highest BCUT2D eigenvalue weighted by Crippen LogP contribution is 2.29. The second-order valence-corrected chi connectivity index (χ2v) is 12.1. The first-order valence-corrected chi connectivity index (χ1v) is 14.6. The van der Waals surface area contributed by atoms with Gasteiger partial charge in [-0.3, -0.25) is 5.73 Å². The molecule has 0 radical (unpaired) electrons. The molecule has 0 atom stereocenters. The van der Waals surface area contributed by atoms with E-state index in [2.05, 4.69) is 0 Å². The van der Waals surface area contributed by atoms with Crippen molar-refractivity contribution in [2.75, 3.05) is 5.73 Å². The van der Waals surface area contributed by atoms with E-state index in [1.165, 1.54) is 3.97 Å². The van der Waals surface area contributed by atoms with Crippen LogP contribution in [0.25, 0.3) is 10.9 Å². The molecule has 5 rings (SSSR count). The summed E-state index contributed by atoms with van der Waals surface area (Å²) in [5.74, 6) is 0.380. The fraction of sp³-hybridized carbons (Fsp3) is 0.226. The van der Waals surface area contributed by atoms with Gasteiger partial charge >= 0.3 is 0 Å². The lowest BCUT2D eigenvalue weighted by molar-refractivity contribution is -0.600. The highest BCUT2D eigenvalue weighted by molar-refractivity contribution is 7.90. The van der Waals surface area contributed by atoms with Crippen molar-refractivity contribution in [1.82, 2.24) is 8.96 Å². The Morgan fingerprint density at radius 3 is 2.38 bits per heavy atom. The first kappa shape index (κ1) is 27.2. The van der Waals surface area contributed by atoms with E-state index in [-0.39, 0.29) is 35.5 Å². The third kappa shape index (κ3) is 5.37. The van der Waals surface area contributed by atoms with Gasteiger partial charge in [-0.25, -0.2) is 22.1 Å². The maximum absolute atomic E-state index is 13.6. The summed E-state index contributed by atoms with van der Waals surface area (Å²) >= 11 is 0. The Labute approximate surface area is 234 Å². The van der Waals surface area contributed by atoms with Gasteiger partial charge < -0.3 is 9.94 Å². The zero-order valence-corrected chi connectivity index (χ0v) is 23.6. The summed E-state index contributed by atoms with van der Waals surface area (Å²) in [6.07, 6.45) is 2.18. The summed E-state index contributed by atoms with van der Waals surface area (Å²) < 4.78 is 35.3. The molecule has 2 heterocycles. The van der Waals surface area contributed by atoms with Crippen molar-refractivity contribution in [2.45, 2.75) is 45.1 Å². The summed E-state index contributed by atoms with van der Waals surface area (Å²) in [5.41, 5.74) is 10.1. The molecule has 0 bridgehead atoms. The average Bonchev–Trinajstić information content (AvgIpc) is 3.32. The van der Waals surface area contributed by atoms with Gasteiger partial charge in [0.25, 0.3) is 21.7 Å². The Kier molecular flexibility index (Phi) is 7.49. The van der Waals surface area contributed by atoms with Crippen molar-refractivity contribution in [3.63, 3.8) is 0 Å². The minimum Gasteiger partial charge on any atom is -0.710 e. The molecule has 40 heavy (non-hydrogen) atoms. The van der Waals surface area contributed by atoms with Crippen molar-refractivity contribution in [3.05, 3.63) is 118 Å². The standard InChI is InChI=1S/C31H32N4O4S/c1-21(2)17-29-31(39-20-23-9-5-4-6-10-23)33-27(30(32)35(29)36)18-24-19-34(28-12-8-7-11-26(24)28)40(37,38)25-15-13-22(3)14-16-25/h4-16,19,21H,17-18,20,32H2,1-3H3. The van der Waals surface area contributed by atoms with E-state index in [0.29, 0.717) is 33.6 Å². The normalized spacial score (nSPS) is 11.8. The maximum atomic E-state index is 13.6. The van der Waals surface area contributed by atoms with E-state index >= 15 is 0 Å². The van der Waals surface area contributed by atoms with Crippen LogP contribution >= 0.6 is 0 Å². The molecule has 0 unspecified atom stereocenters. The average molecular weight is 557 g/mol. The molecular formula is C31H32N4O4S. The summed E-state index contributed by atoms with van der Waals surface area (Å²) in [7, 11) is -3.87. The number of ether oxygens (including phenoxy) is 1. The zero-order chi connectivity index (χ0) is 28.4. The van der Waals surface area contributed by atoms with Gasteiger partial charge in [-0.15, -0.1) is 0 Å². The molecular weight excluding hydrogens is 524 g/mol. The molecule has 3 aromatic carbocycles. The van der Waals surface area contributed by atoms with Gasteiger partial charge in [-0.1, -0.05) is 80.1 Å². The first-order valence-electron chi connectivity index (χ1n) is 13.1. The molecule has 0 saturated carbocycles. The predicted octanol–water partition coefficient (Wildman–Crippen LogP) is 5.17. The Morgan fingerprint density at radius 2 is 1.68 bits per heavy atom. The number of nitrogens with zero attached hydrogens (tertiary/aromatic N) is 3. The molecule has 0 saturated heterocycles. The molecule has 8 nitrogen and oxygen atoms in total. The summed E-state index contributed by atoms with van der Waals surface area (Å²) in [5, 5.41) is 14.1. The Morgan fingerprint density at radius 1 is 1.00 bits per heavy atom. The first-order chi connectivity index (χ1) is 19.1. The van der Waals surface area contributed by atoms with Crippen molar-refractivity contribution < 1.29 is 17.9 Å². The minimum absolute atomic E-state index is 0.0269. The van der Waals surface area contributed by atoms with Crippen LogP contribution in [0.15, 0.2) is 90.0 Å². The van der Waals surface area contributed by atoms with E-state index in [1.807, 2.05) is 63.2 Å². The summed E-state index contributed by atoms with van der Waals surface area (Å²) in [4.78, 5) is 4.91. The van der Waals surface area contributed by atoms with Crippen LogP contribution in [0.3, 0.4) is 0 Å². The number of hydrogen-bond donors (Lipinski definition) is 1. The lowest BCUT2D eigenvalue weighted by Gasteiger charge is -2.19. The number of nitrogen functional groups attached to an aromatic ring is 1. The highest BCUT2D eigenvalue weighted by Gasteiger charge is 2.25. The Bertz CT molecular complexity index is 1760. The van der Waals surface area contributed by atoms with Crippen molar-refractivity contribution in [1.29, 1.82) is 0 Å². The summed E-state index contributed by atoms with van der Waals surface area (Å²) in [6, 6.07) is 23.6. The van der Waals surface area contributed by atoms with E-state index in [1.54, 1.807) is 42.6 Å². The monoisotopic (exact) mass is 556 g/mol. The number of benzene rings is 3. The minimum atomic E-state index is -3.87. The van der Waals surface area contributed by atoms with Crippen LogP contribution in [0.1, 0.15) is 41.9 Å². The van der Waals surface area contributed by atoms with E-state index in [9.17, 15) is 13.6 Å². The smallest absolute Gasteiger partial charge is 0.298 e. The van der Waals surface area contributed by atoms with Gasteiger partial charge in [0, 0.05) is 24.4 Å². The number of fused-ring (bicyclic) bond motifs is 1. The lowest BCUT2D eigenvalue weighted by Crippen LogP contribution is -2.39. The number of aromatic nitrogens is 3. The van der Waals surface area contributed by atoms with Gasteiger partial charge in [-0.05, 0) is 42.2 Å². The second-order valence-electron chi connectivity index (χ2n) is 10.3. The SMILES string of the molecule is Cc1ccc(S(=O)(=O)n2cc(Cc3nc(OCc4ccccc4)c(CC(C)C)[n+]([O-])c3N)c3ccccc32)cc1. The largest absolute Gasteiger partial charge is 0.710 e. The maximum Gasteiger partial charge on any atom is 0.298 e. The molecule has 5 aromatic rings. The van der Waals surface area contributed by atoms with Crippen LogP contribution in [0, 0.1) is 18.0 Å². The van der Waals surface area contributed by atoms with E-state index < -0.39 is 10.0 Å². The van der Waals surface area contributed by atoms with Crippen LogP contribution in [0.2, 0.25) is 0 Å². The number of nitrogens with two attached hydrogens (primary N) is 1. The number of anilines is 1. The van der Waals surface area contributed by atoms with E-state index in [0.717, 1.165) is 16.5 Å². The highest BCUT2D eigenvalue weighted by atomic mass is 32.2. The van der Waals surface area contributed by atoms with Crippen molar-refractivity contribution >= 4 is 26.7 Å². The Hall–Kier alpha value is -4.37. The second kappa shape index (κ2) is 11.0. The van der Waals surface area contributed by atoms with Gasteiger partial charge in [0.15, 0.2) is 5.69 Å². The molecule has 0 aliphatic rings. The van der Waals surface area contributed by atoms with Crippen LogP contribution in [0.5, 0.6) is 5.88 Å². The molecule has 2 aromatic heterocycles. The number of rotatable bonds is 9. The topological polar surface area (TPSA) is 114 Å². The third-order valence-electron chi connectivity index (χ3n) is 6.76. The van der Waals surface area contributed by atoms with E-state index in [4.69, 9.17) is 15.5 Å². The van der Waals surface area contributed by atoms with Gasteiger partial charge in [0.1, 0.15) is 12.3 Å². The van der Waals surface area contributed by atoms with Gasteiger partial charge in [0.2, 0.25) is 0 Å². The Balaban J connectivity index is 1.57. The molecule has 0 fully saturated rings. The molecule has 206 valence electrons. The van der Waals surface area contributed by atoms with Gasteiger partial charge in [-0.2, -0.15) is 0 Å². The number of hydrogen-bond acceptors (Lipinski definition) is 6. The molecule has 0 aliphatic heterocycles. The van der Waals surface area contributed by atoms with Crippen molar-refractivity contribution in [3.8, 4) is 5.88 Å². The molecule has 0 spiro atoms. The molecule has 0 amide bonds.